The third-order valence-electron chi connectivity index (χ3n) is 4.46. The van der Waals surface area contributed by atoms with Crippen LogP contribution in [0.5, 0.6) is 0 Å². The summed E-state index contributed by atoms with van der Waals surface area (Å²) in [5.74, 6) is -0.248. The van der Waals surface area contributed by atoms with E-state index in [0.717, 1.165) is 13.0 Å². The molecule has 0 saturated carbocycles. The van der Waals surface area contributed by atoms with E-state index in [1.54, 1.807) is 35.2 Å². The Kier molecular flexibility index (Phi) is 8.21. The van der Waals surface area contributed by atoms with E-state index >= 15 is 0 Å². The lowest BCUT2D eigenvalue weighted by Crippen LogP contribution is -2.50. The molecule has 2 N–H and O–H groups in total. The minimum atomic E-state index is -3.53. The molecule has 0 spiro atoms. The van der Waals surface area contributed by atoms with E-state index in [4.69, 9.17) is 0 Å². The monoisotopic (exact) mass is 396 g/mol. The van der Waals surface area contributed by atoms with Crippen molar-refractivity contribution in [2.24, 2.45) is 0 Å². The number of carbonyl (C=O) groups is 2. The summed E-state index contributed by atoms with van der Waals surface area (Å²) in [4.78, 5) is 25.9. The summed E-state index contributed by atoms with van der Waals surface area (Å²) in [5, 5.41) is 5.78. The second-order valence-electron chi connectivity index (χ2n) is 6.40. The van der Waals surface area contributed by atoms with Gasteiger partial charge in [0.1, 0.15) is 0 Å². The van der Waals surface area contributed by atoms with Gasteiger partial charge in [-0.1, -0.05) is 18.2 Å². The fourth-order valence-corrected chi connectivity index (χ4v) is 4.32. The van der Waals surface area contributed by atoms with Crippen molar-refractivity contribution in [2.75, 3.05) is 46.3 Å². The highest BCUT2D eigenvalue weighted by Gasteiger charge is 2.29. The van der Waals surface area contributed by atoms with Gasteiger partial charge in [0.2, 0.25) is 21.8 Å². The number of nitrogens with zero attached hydrogens (tertiary/aromatic N) is 2. The molecule has 27 heavy (non-hydrogen) atoms. The summed E-state index contributed by atoms with van der Waals surface area (Å²) in [6, 6.07) is 8.30. The smallest absolute Gasteiger partial charge is 0.243 e. The zero-order valence-electron chi connectivity index (χ0n) is 15.7. The van der Waals surface area contributed by atoms with E-state index in [1.807, 2.05) is 7.05 Å². The Balaban J connectivity index is 1.75. The predicted molar refractivity (Wildman–Crippen MR) is 103 cm³/mol. The lowest BCUT2D eigenvalue weighted by molar-refractivity contribution is -0.134. The van der Waals surface area contributed by atoms with Crippen LogP contribution < -0.4 is 10.6 Å². The molecule has 8 nitrogen and oxygen atoms in total. The molecule has 0 radical (unpaired) electrons. The Labute approximate surface area is 161 Å². The van der Waals surface area contributed by atoms with Crippen LogP contribution in [0.15, 0.2) is 35.2 Å². The molecule has 1 fully saturated rings. The maximum Gasteiger partial charge on any atom is 0.243 e. The van der Waals surface area contributed by atoms with E-state index in [2.05, 4.69) is 10.6 Å². The van der Waals surface area contributed by atoms with Crippen molar-refractivity contribution in [2.45, 2.75) is 24.2 Å². The minimum absolute atomic E-state index is 0.114. The van der Waals surface area contributed by atoms with Crippen molar-refractivity contribution < 1.29 is 18.0 Å². The van der Waals surface area contributed by atoms with E-state index < -0.39 is 10.0 Å². The maximum atomic E-state index is 12.6. The molecule has 9 heteroatoms. The van der Waals surface area contributed by atoms with Gasteiger partial charge in [0, 0.05) is 45.6 Å². The summed E-state index contributed by atoms with van der Waals surface area (Å²) >= 11 is 0. The molecule has 0 aliphatic carbocycles. The average molecular weight is 397 g/mol. The average Bonchev–Trinajstić information content (AvgIpc) is 2.70. The molecule has 2 rings (SSSR count). The summed E-state index contributed by atoms with van der Waals surface area (Å²) < 4.78 is 26.6. The first kappa shape index (κ1) is 21.3. The molecule has 150 valence electrons. The van der Waals surface area contributed by atoms with Gasteiger partial charge < -0.3 is 15.5 Å². The van der Waals surface area contributed by atoms with Gasteiger partial charge in [-0.05, 0) is 32.1 Å². The predicted octanol–water partition coefficient (Wildman–Crippen LogP) is 0.0254. The second-order valence-corrected chi connectivity index (χ2v) is 8.34. The van der Waals surface area contributed by atoms with E-state index in [0.29, 0.717) is 19.6 Å². The summed E-state index contributed by atoms with van der Waals surface area (Å²) in [7, 11) is -1.67. The van der Waals surface area contributed by atoms with Crippen molar-refractivity contribution in [3.05, 3.63) is 30.3 Å². The topological polar surface area (TPSA) is 98.8 Å². The van der Waals surface area contributed by atoms with Gasteiger partial charge >= 0.3 is 0 Å². The quantitative estimate of drug-likeness (QED) is 0.574. The molecule has 2 amide bonds. The van der Waals surface area contributed by atoms with Crippen LogP contribution in [0.2, 0.25) is 0 Å². The van der Waals surface area contributed by atoms with Gasteiger partial charge in [0.05, 0.1) is 4.90 Å². The third kappa shape index (κ3) is 6.30. The van der Waals surface area contributed by atoms with Crippen LogP contribution in [0.4, 0.5) is 0 Å². The van der Waals surface area contributed by atoms with E-state index in [9.17, 15) is 18.0 Å². The molecule has 0 atom stereocenters. The Morgan fingerprint density at radius 2 is 1.67 bits per heavy atom. The summed E-state index contributed by atoms with van der Waals surface area (Å²) in [5.41, 5.74) is 0. The number of sulfonamides is 1. The summed E-state index contributed by atoms with van der Waals surface area (Å²) in [6.07, 6.45) is 1.14. The highest BCUT2D eigenvalue weighted by atomic mass is 32.2. The first-order valence-electron chi connectivity index (χ1n) is 9.19. The number of hydrogen-bond acceptors (Lipinski definition) is 5. The van der Waals surface area contributed by atoms with Crippen LogP contribution >= 0.6 is 0 Å². The van der Waals surface area contributed by atoms with Crippen LogP contribution in [-0.4, -0.2) is 75.8 Å². The van der Waals surface area contributed by atoms with Crippen molar-refractivity contribution in [1.82, 2.24) is 19.8 Å². The zero-order chi connectivity index (χ0) is 19.7. The number of carbonyl (C=O) groups excluding carboxylic acids is 2. The van der Waals surface area contributed by atoms with Gasteiger partial charge in [0.25, 0.3) is 0 Å². The fourth-order valence-electron chi connectivity index (χ4n) is 2.88. The van der Waals surface area contributed by atoms with Crippen molar-refractivity contribution >= 4 is 21.8 Å². The Hall–Kier alpha value is -1.97. The van der Waals surface area contributed by atoms with Gasteiger partial charge in [-0.2, -0.15) is 4.31 Å². The molecule has 0 bridgehead atoms. The largest absolute Gasteiger partial charge is 0.356 e. The number of piperazine rings is 1. The van der Waals surface area contributed by atoms with Crippen molar-refractivity contribution in [3.8, 4) is 0 Å². The van der Waals surface area contributed by atoms with Crippen molar-refractivity contribution in [1.29, 1.82) is 0 Å². The van der Waals surface area contributed by atoms with Gasteiger partial charge in [-0.25, -0.2) is 8.42 Å². The molecule has 0 aromatic heterocycles. The van der Waals surface area contributed by atoms with Crippen molar-refractivity contribution in [3.63, 3.8) is 0 Å². The molecule has 1 aromatic carbocycles. The molecule has 1 heterocycles. The molecular weight excluding hydrogens is 368 g/mol. The highest BCUT2D eigenvalue weighted by molar-refractivity contribution is 7.89. The molecule has 0 unspecified atom stereocenters. The first-order valence-corrected chi connectivity index (χ1v) is 10.6. The minimum Gasteiger partial charge on any atom is -0.356 e. The second kappa shape index (κ2) is 10.4. The lowest BCUT2D eigenvalue weighted by atomic mass is 10.2. The SMILES string of the molecule is CNCCCNC(=O)CCC(=O)N1CCN(S(=O)(=O)c2ccccc2)CC1. The van der Waals surface area contributed by atoms with Crippen LogP contribution in [-0.2, 0) is 19.6 Å². The van der Waals surface area contributed by atoms with E-state index in [-0.39, 0.29) is 42.6 Å². The summed E-state index contributed by atoms with van der Waals surface area (Å²) in [6.45, 7) is 2.63. The fraction of sp³-hybridized carbons (Fsp3) is 0.556. The zero-order valence-corrected chi connectivity index (χ0v) is 16.5. The number of amides is 2. The Morgan fingerprint density at radius 3 is 2.30 bits per heavy atom. The number of nitrogens with one attached hydrogen (secondary N) is 2. The Bertz CT molecular complexity index is 716. The number of benzene rings is 1. The molecule has 1 aliphatic rings. The Morgan fingerprint density at radius 1 is 1.00 bits per heavy atom. The molecule has 1 aliphatic heterocycles. The first-order chi connectivity index (χ1) is 12.9. The highest BCUT2D eigenvalue weighted by Crippen LogP contribution is 2.17. The van der Waals surface area contributed by atoms with Crippen LogP contribution in [0, 0.1) is 0 Å². The van der Waals surface area contributed by atoms with Gasteiger partial charge in [-0.3, -0.25) is 9.59 Å². The molecular formula is C18H28N4O4S. The normalized spacial score (nSPS) is 15.5. The van der Waals surface area contributed by atoms with Crippen LogP contribution in [0.25, 0.3) is 0 Å². The molecule has 1 saturated heterocycles. The van der Waals surface area contributed by atoms with Crippen LogP contribution in [0.1, 0.15) is 19.3 Å². The lowest BCUT2D eigenvalue weighted by Gasteiger charge is -2.34. The standard InChI is InChI=1S/C18H28N4O4S/c1-19-10-5-11-20-17(23)8-9-18(24)21-12-14-22(15-13-21)27(25,26)16-6-3-2-4-7-16/h2-4,6-7,19H,5,8-15H2,1H3,(H,20,23). The number of hydrogen-bond donors (Lipinski definition) is 2. The van der Waals surface area contributed by atoms with E-state index in [1.165, 1.54) is 4.31 Å². The maximum absolute atomic E-state index is 12.6. The van der Waals surface area contributed by atoms with Gasteiger partial charge in [0.15, 0.2) is 0 Å². The van der Waals surface area contributed by atoms with Gasteiger partial charge in [-0.15, -0.1) is 0 Å². The van der Waals surface area contributed by atoms with Crippen LogP contribution in [0.3, 0.4) is 0 Å². The molecule has 1 aromatic rings. The number of rotatable bonds is 9. The third-order valence-corrected chi connectivity index (χ3v) is 6.38.